The zero-order valence-electron chi connectivity index (χ0n) is 9.41. The van der Waals surface area contributed by atoms with Gasteiger partial charge in [0.2, 0.25) is 0 Å². The molecule has 2 aromatic rings. The Kier molecular flexibility index (Phi) is 4.01. The first-order valence-corrected chi connectivity index (χ1v) is 6.39. The van der Waals surface area contributed by atoms with Crippen LogP contribution in [0.5, 0.6) is 0 Å². The van der Waals surface area contributed by atoms with Crippen LogP contribution in [0.25, 0.3) is 0 Å². The van der Waals surface area contributed by atoms with E-state index >= 15 is 0 Å². The number of benzene rings is 1. The highest BCUT2D eigenvalue weighted by Crippen LogP contribution is 2.21. The van der Waals surface area contributed by atoms with E-state index in [1.54, 1.807) is 18.0 Å². The van der Waals surface area contributed by atoms with E-state index in [0.717, 1.165) is 16.3 Å². The van der Waals surface area contributed by atoms with Crippen LogP contribution in [0.1, 0.15) is 11.6 Å². The third-order valence-electron chi connectivity index (χ3n) is 2.40. The fourth-order valence-electron chi connectivity index (χ4n) is 1.45. The molecule has 4 N–H and O–H groups in total. The van der Waals surface area contributed by atoms with Crippen molar-refractivity contribution in [3.05, 3.63) is 54.2 Å². The number of hydrogen-bond acceptors (Lipinski definition) is 4. The van der Waals surface area contributed by atoms with Gasteiger partial charge < -0.3 is 11.5 Å². The zero-order chi connectivity index (χ0) is 12.1. The van der Waals surface area contributed by atoms with E-state index in [1.807, 2.05) is 42.5 Å². The SMILES string of the molecule is Nc1ccc(SCC(N)c2ccccc2)nc1. The van der Waals surface area contributed by atoms with Crippen molar-refractivity contribution in [3.63, 3.8) is 0 Å². The standard InChI is InChI=1S/C13H15N3S/c14-11-6-7-13(16-8-11)17-9-12(15)10-4-2-1-3-5-10/h1-8,12H,9,14-15H2. The molecule has 0 radical (unpaired) electrons. The summed E-state index contributed by atoms with van der Waals surface area (Å²) in [5.41, 5.74) is 13.5. The van der Waals surface area contributed by atoms with E-state index in [-0.39, 0.29) is 6.04 Å². The summed E-state index contributed by atoms with van der Waals surface area (Å²) in [4.78, 5) is 4.23. The van der Waals surface area contributed by atoms with Gasteiger partial charge in [0.15, 0.2) is 0 Å². The van der Waals surface area contributed by atoms with Crippen molar-refractivity contribution >= 4 is 17.4 Å². The Morgan fingerprint density at radius 3 is 2.53 bits per heavy atom. The Labute approximate surface area is 105 Å². The number of nitrogen functional groups attached to an aromatic ring is 1. The first-order chi connectivity index (χ1) is 8.25. The molecule has 0 aliphatic carbocycles. The average Bonchev–Trinajstić information content (AvgIpc) is 2.39. The smallest absolute Gasteiger partial charge is 0.0962 e. The van der Waals surface area contributed by atoms with Crippen molar-refractivity contribution in [1.82, 2.24) is 4.98 Å². The molecular weight excluding hydrogens is 230 g/mol. The lowest BCUT2D eigenvalue weighted by atomic mass is 10.1. The molecule has 1 aromatic carbocycles. The van der Waals surface area contributed by atoms with Crippen LogP contribution in [0.15, 0.2) is 53.7 Å². The Morgan fingerprint density at radius 1 is 1.12 bits per heavy atom. The minimum Gasteiger partial charge on any atom is -0.397 e. The highest BCUT2D eigenvalue weighted by molar-refractivity contribution is 7.99. The number of rotatable bonds is 4. The Balaban J connectivity index is 1.92. The van der Waals surface area contributed by atoms with Gasteiger partial charge in [-0.15, -0.1) is 11.8 Å². The maximum atomic E-state index is 6.10. The third-order valence-corrected chi connectivity index (χ3v) is 3.46. The van der Waals surface area contributed by atoms with Crippen LogP contribution in [-0.4, -0.2) is 10.7 Å². The van der Waals surface area contributed by atoms with Crippen molar-refractivity contribution < 1.29 is 0 Å². The van der Waals surface area contributed by atoms with Gasteiger partial charge in [-0.25, -0.2) is 4.98 Å². The molecule has 1 atom stereocenters. The molecule has 0 saturated carbocycles. The summed E-state index contributed by atoms with van der Waals surface area (Å²) in [5, 5.41) is 0.950. The molecule has 1 aromatic heterocycles. The lowest BCUT2D eigenvalue weighted by molar-refractivity contribution is 0.830. The summed E-state index contributed by atoms with van der Waals surface area (Å²) in [7, 11) is 0. The molecule has 0 saturated heterocycles. The molecule has 0 amide bonds. The van der Waals surface area contributed by atoms with Gasteiger partial charge in [-0.1, -0.05) is 30.3 Å². The second kappa shape index (κ2) is 5.70. The van der Waals surface area contributed by atoms with Gasteiger partial charge in [0.1, 0.15) is 0 Å². The maximum Gasteiger partial charge on any atom is 0.0962 e. The van der Waals surface area contributed by atoms with Crippen molar-refractivity contribution in [2.75, 3.05) is 11.5 Å². The Bertz CT molecular complexity index is 456. The summed E-state index contributed by atoms with van der Waals surface area (Å²) >= 11 is 1.64. The summed E-state index contributed by atoms with van der Waals surface area (Å²) in [6, 6.07) is 13.9. The number of anilines is 1. The fraction of sp³-hybridized carbons (Fsp3) is 0.154. The maximum absolute atomic E-state index is 6.10. The van der Waals surface area contributed by atoms with Crippen LogP contribution in [0, 0.1) is 0 Å². The van der Waals surface area contributed by atoms with Gasteiger partial charge in [0, 0.05) is 11.8 Å². The lowest BCUT2D eigenvalue weighted by Crippen LogP contribution is -2.12. The average molecular weight is 245 g/mol. The molecule has 88 valence electrons. The predicted octanol–water partition coefficient (Wildman–Crippen LogP) is 2.46. The zero-order valence-corrected chi connectivity index (χ0v) is 10.2. The third kappa shape index (κ3) is 3.47. The number of thioether (sulfide) groups is 1. The van der Waals surface area contributed by atoms with E-state index in [2.05, 4.69) is 4.98 Å². The summed E-state index contributed by atoms with van der Waals surface area (Å²) in [6.07, 6.45) is 1.66. The topological polar surface area (TPSA) is 64.9 Å². The fourth-order valence-corrected chi connectivity index (χ4v) is 2.28. The molecule has 0 aliphatic heterocycles. The van der Waals surface area contributed by atoms with Crippen molar-refractivity contribution in [1.29, 1.82) is 0 Å². The highest BCUT2D eigenvalue weighted by Gasteiger charge is 2.06. The summed E-state index contributed by atoms with van der Waals surface area (Å²) in [5.74, 6) is 0.806. The van der Waals surface area contributed by atoms with Gasteiger partial charge in [-0.05, 0) is 17.7 Å². The van der Waals surface area contributed by atoms with Crippen LogP contribution in [-0.2, 0) is 0 Å². The molecule has 1 unspecified atom stereocenters. The van der Waals surface area contributed by atoms with Gasteiger partial charge in [-0.2, -0.15) is 0 Å². The quantitative estimate of drug-likeness (QED) is 0.812. The molecule has 0 fully saturated rings. The van der Waals surface area contributed by atoms with Gasteiger partial charge >= 0.3 is 0 Å². The second-order valence-electron chi connectivity index (χ2n) is 3.76. The van der Waals surface area contributed by atoms with Gasteiger partial charge in [0.05, 0.1) is 16.9 Å². The highest BCUT2D eigenvalue weighted by atomic mass is 32.2. The van der Waals surface area contributed by atoms with E-state index in [0.29, 0.717) is 5.69 Å². The molecule has 3 nitrogen and oxygen atoms in total. The number of nitrogens with two attached hydrogens (primary N) is 2. The number of pyridine rings is 1. The molecule has 0 spiro atoms. The predicted molar refractivity (Wildman–Crippen MR) is 72.7 cm³/mol. The van der Waals surface area contributed by atoms with Crippen LogP contribution >= 0.6 is 11.8 Å². The first kappa shape index (κ1) is 12.0. The minimum absolute atomic E-state index is 0.0283. The number of aromatic nitrogens is 1. The van der Waals surface area contributed by atoms with Crippen LogP contribution < -0.4 is 11.5 Å². The van der Waals surface area contributed by atoms with Crippen molar-refractivity contribution in [3.8, 4) is 0 Å². The molecule has 0 aliphatic rings. The molecule has 1 heterocycles. The normalized spacial score (nSPS) is 12.3. The van der Waals surface area contributed by atoms with E-state index < -0.39 is 0 Å². The Morgan fingerprint density at radius 2 is 1.88 bits per heavy atom. The summed E-state index contributed by atoms with van der Waals surface area (Å²) < 4.78 is 0. The van der Waals surface area contributed by atoms with E-state index in [1.165, 1.54) is 0 Å². The van der Waals surface area contributed by atoms with Crippen LogP contribution in [0.2, 0.25) is 0 Å². The van der Waals surface area contributed by atoms with Gasteiger partial charge in [-0.3, -0.25) is 0 Å². The lowest BCUT2D eigenvalue weighted by Gasteiger charge is -2.10. The monoisotopic (exact) mass is 245 g/mol. The number of hydrogen-bond donors (Lipinski definition) is 2. The van der Waals surface area contributed by atoms with Crippen LogP contribution in [0.4, 0.5) is 5.69 Å². The second-order valence-corrected chi connectivity index (χ2v) is 4.80. The van der Waals surface area contributed by atoms with E-state index in [4.69, 9.17) is 11.5 Å². The largest absolute Gasteiger partial charge is 0.397 e. The van der Waals surface area contributed by atoms with Gasteiger partial charge in [0.25, 0.3) is 0 Å². The molecule has 4 heteroatoms. The van der Waals surface area contributed by atoms with Crippen molar-refractivity contribution in [2.45, 2.75) is 11.1 Å². The molecule has 2 rings (SSSR count). The van der Waals surface area contributed by atoms with Crippen molar-refractivity contribution in [2.24, 2.45) is 5.73 Å². The minimum atomic E-state index is 0.0283. The summed E-state index contributed by atoms with van der Waals surface area (Å²) in [6.45, 7) is 0. The molecular formula is C13H15N3S. The van der Waals surface area contributed by atoms with Crippen LogP contribution in [0.3, 0.4) is 0 Å². The number of nitrogens with zero attached hydrogens (tertiary/aromatic N) is 1. The molecule has 17 heavy (non-hydrogen) atoms. The Hall–Kier alpha value is -1.52. The molecule has 0 bridgehead atoms. The first-order valence-electron chi connectivity index (χ1n) is 5.40. The van der Waals surface area contributed by atoms with E-state index in [9.17, 15) is 0 Å².